The minimum atomic E-state index is -3.37. The van der Waals surface area contributed by atoms with Gasteiger partial charge in [-0.1, -0.05) is 0 Å². The lowest BCUT2D eigenvalue weighted by Gasteiger charge is -2.09. The number of rotatable bonds is 5. The maximum atomic E-state index is 11.7. The summed E-state index contributed by atoms with van der Waals surface area (Å²) >= 11 is 0. The number of nitrogens with zero attached hydrogens (tertiary/aromatic N) is 1. The van der Waals surface area contributed by atoms with Crippen LogP contribution in [0.3, 0.4) is 0 Å². The number of aromatic amines is 1. The normalized spacial score (nSPS) is 11.3. The van der Waals surface area contributed by atoms with Crippen molar-refractivity contribution >= 4 is 26.7 Å². The molecule has 2 aromatic heterocycles. The largest absolute Gasteiger partial charge is 0.494 e. The first-order chi connectivity index (χ1) is 12.3. The number of fused-ring (bicyclic) bond motifs is 1. The van der Waals surface area contributed by atoms with Gasteiger partial charge in [0.05, 0.1) is 25.9 Å². The third-order valence-corrected chi connectivity index (χ3v) is 4.62. The van der Waals surface area contributed by atoms with E-state index < -0.39 is 15.8 Å². The third kappa shape index (κ3) is 3.47. The molecule has 3 rings (SSSR count). The number of aromatic nitrogens is 2. The summed E-state index contributed by atoms with van der Waals surface area (Å²) in [4.78, 5) is 18.5. The average Bonchev–Trinajstić information content (AvgIpc) is 3.04. The molecule has 9 heteroatoms. The fourth-order valence-corrected chi connectivity index (χ4v) is 2.97. The predicted octanol–water partition coefficient (Wildman–Crippen LogP) is 2.55. The molecule has 0 saturated heterocycles. The molecule has 26 heavy (non-hydrogen) atoms. The molecule has 0 bridgehead atoms. The summed E-state index contributed by atoms with van der Waals surface area (Å²) < 4.78 is 38.7. The number of ether oxygens (including phenoxy) is 3. The van der Waals surface area contributed by atoms with Gasteiger partial charge in [0, 0.05) is 17.7 Å². The standard InChI is InChI=1S/C17H16N2O6S/c1-23-14-8-12(6-10-7-13(17(20)24-2)19-16(10)14)25-11-4-5-15(18-9-11)26(3,21)22/h4-9,19H,1-3H3. The molecule has 0 amide bonds. The summed E-state index contributed by atoms with van der Waals surface area (Å²) in [5, 5.41) is 0.659. The van der Waals surface area contributed by atoms with Crippen molar-refractivity contribution < 1.29 is 27.4 Å². The molecule has 0 spiro atoms. The minimum Gasteiger partial charge on any atom is -0.494 e. The second-order valence-corrected chi connectivity index (χ2v) is 7.43. The molecule has 0 saturated carbocycles. The van der Waals surface area contributed by atoms with Gasteiger partial charge in [-0.2, -0.15) is 0 Å². The Hall–Kier alpha value is -3.07. The van der Waals surface area contributed by atoms with Crippen molar-refractivity contribution in [1.82, 2.24) is 9.97 Å². The molecule has 1 aromatic carbocycles. The molecule has 0 atom stereocenters. The number of hydrogen-bond acceptors (Lipinski definition) is 7. The molecule has 136 valence electrons. The number of sulfone groups is 1. The van der Waals surface area contributed by atoms with Gasteiger partial charge in [0.15, 0.2) is 14.9 Å². The molecule has 8 nitrogen and oxygen atoms in total. The maximum absolute atomic E-state index is 11.7. The summed E-state index contributed by atoms with van der Waals surface area (Å²) in [6, 6.07) is 7.86. The number of pyridine rings is 1. The predicted molar refractivity (Wildman–Crippen MR) is 93.6 cm³/mol. The Labute approximate surface area is 149 Å². The third-order valence-electron chi connectivity index (χ3n) is 3.62. The molecule has 0 radical (unpaired) electrons. The number of esters is 1. The van der Waals surface area contributed by atoms with Crippen LogP contribution in [0.4, 0.5) is 0 Å². The van der Waals surface area contributed by atoms with Crippen LogP contribution in [0.5, 0.6) is 17.2 Å². The van der Waals surface area contributed by atoms with Crippen molar-refractivity contribution in [2.24, 2.45) is 0 Å². The molecule has 0 aliphatic heterocycles. The highest BCUT2D eigenvalue weighted by Gasteiger charge is 2.15. The first kappa shape index (κ1) is 17.7. The van der Waals surface area contributed by atoms with E-state index >= 15 is 0 Å². The first-order valence-electron chi connectivity index (χ1n) is 7.45. The van der Waals surface area contributed by atoms with Gasteiger partial charge >= 0.3 is 5.97 Å². The zero-order valence-corrected chi connectivity index (χ0v) is 15.1. The lowest BCUT2D eigenvalue weighted by Crippen LogP contribution is -2.00. The Morgan fingerprint density at radius 2 is 1.88 bits per heavy atom. The molecular weight excluding hydrogens is 360 g/mol. The maximum Gasteiger partial charge on any atom is 0.354 e. The topological polar surface area (TPSA) is 108 Å². The number of hydrogen-bond donors (Lipinski definition) is 1. The van der Waals surface area contributed by atoms with Crippen molar-refractivity contribution in [1.29, 1.82) is 0 Å². The first-order valence-corrected chi connectivity index (χ1v) is 9.34. The summed E-state index contributed by atoms with van der Waals surface area (Å²) in [7, 11) is -0.576. The van der Waals surface area contributed by atoms with Crippen molar-refractivity contribution in [3.63, 3.8) is 0 Å². The van der Waals surface area contributed by atoms with Gasteiger partial charge in [-0.25, -0.2) is 18.2 Å². The summed E-state index contributed by atoms with van der Waals surface area (Å²) in [6.07, 6.45) is 2.41. The van der Waals surface area contributed by atoms with Gasteiger partial charge in [0.2, 0.25) is 0 Å². The number of carbonyl (C=O) groups excluding carboxylic acids is 1. The van der Waals surface area contributed by atoms with Crippen LogP contribution in [0.15, 0.2) is 41.6 Å². The average molecular weight is 376 g/mol. The lowest BCUT2D eigenvalue weighted by molar-refractivity contribution is 0.0595. The second-order valence-electron chi connectivity index (χ2n) is 5.47. The molecule has 3 aromatic rings. The lowest BCUT2D eigenvalue weighted by atomic mass is 10.2. The second kappa shape index (κ2) is 6.68. The van der Waals surface area contributed by atoms with Crippen molar-refractivity contribution in [2.45, 2.75) is 5.03 Å². The Morgan fingerprint density at radius 1 is 1.12 bits per heavy atom. The fourth-order valence-electron chi connectivity index (χ4n) is 2.41. The van der Waals surface area contributed by atoms with Crippen LogP contribution in [0.1, 0.15) is 10.5 Å². The van der Waals surface area contributed by atoms with Crippen LogP contribution < -0.4 is 9.47 Å². The van der Waals surface area contributed by atoms with E-state index in [1.165, 1.54) is 32.5 Å². The Kier molecular flexibility index (Phi) is 4.56. The van der Waals surface area contributed by atoms with E-state index in [1.54, 1.807) is 18.2 Å². The highest BCUT2D eigenvalue weighted by molar-refractivity contribution is 7.90. The Balaban J connectivity index is 1.96. The molecule has 1 N–H and O–H groups in total. The molecule has 0 aliphatic carbocycles. The van der Waals surface area contributed by atoms with Crippen LogP contribution in [0.2, 0.25) is 0 Å². The van der Waals surface area contributed by atoms with Crippen LogP contribution >= 0.6 is 0 Å². The molecule has 0 aliphatic rings. The number of nitrogens with one attached hydrogen (secondary N) is 1. The molecular formula is C17H16N2O6S. The van der Waals surface area contributed by atoms with Crippen molar-refractivity contribution in [2.75, 3.05) is 20.5 Å². The molecule has 0 fully saturated rings. The quantitative estimate of drug-likeness (QED) is 0.682. The molecule has 0 unspecified atom stereocenters. The minimum absolute atomic E-state index is 0.0359. The van der Waals surface area contributed by atoms with Crippen LogP contribution in [0, 0.1) is 0 Å². The van der Waals surface area contributed by atoms with E-state index in [2.05, 4.69) is 9.97 Å². The van der Waals surface area contributed by atoms with Crippen LogP contribution in [0.25, 0.3) is 10.9 Å². The Bertz CT molecular complexity index is 1070. The smallest absolute Gasteiger partial charge is 0.354 e. The van der Waals surface area contributed by atoms with E-state index in [0.717, 1.165) is 6.26 Å². The number of H-pyrrole nitrogens is 1. The van der Waals surface area contributed by atoms with E-state index in [1.807, 2.05) is 0 Å². The van der Waals surface area contributed by atoms with Gasteiger partial charge < -0.3 is 19.2 Å². The van der Waals surface area contributed by atoms with Gasteiger partial charge in [-0.05, 0) is 24.3 Å². The van der Waals surface area contributed by atoms with Gasteiger partial charge in [-0.15, -0.1) is 0 Å². The van der Waals surface area contributed by atoms with E-state index in [0.29, 0.717) is 28.2 Å². The Morgan fingerprint density at radius 3 is 2.46 bits per heavy atom. The summed E-state index contributed by atoms with van der Waals surface area (Å²) in [6.45, 7) is 0. The van der Waals surface area contributed by atoms with Crippen LogP contribution in [-0.4, -0.2) is 44.8 Å². The zero-order valence-electron chi connectivity index (χ0n) is 14.3. The van der Waals surface area contributed by atoms with E-state index in [-0.39, 0.29) is 10.7 Å². The number of benzene rings is 1. The van der Waals surface area contributed by atoms with Gasteiger partial charge in [0.25, 0.3) is 0 Å². The highest BCUT2D eigenvalue weighted by atomic mass is 32.2. The van der Waals surface area contributed by atoms with Crippen molar-refractivity contribution in [3.05, 3.63) is 42.2 Å². The summed E-state index contributed by atoms with van der Waals surface area (Å²) in [5.41, 5.74) is 0.919. The van der Waals surface area contributed by atoms with E-state index in [9.17, 15) is 13.2 Å². The van der Waals surface area contributed by atoms with Gasteiger partial charge in [0.1, 0.15) is 22.9 Å². The fraction of sp³-hybridized carbons (Fsp3) is 0.176. The van der Waals surface area contributed by atoms with Gasteiger partial charge in [-0.3, -0.25) is 0 Å². The zero-order chi connectivity index (χ0) is 18.9. The monoisotopic (exact) mass is 376 g/mol. The number of carbonyl (C=O) groups is 1. The van der Waals surface area contributed by atoms with Crippen LogP contribution in [-0.2, 0) is 14.6 Å². The SMILES string of the molecule is COC(=O)c1cc2cc(Oc3ccc(S(C)(=O)=O)nc3)cc(OC)c2[nH]1. The molecule has 2 heterocycles. The van der Waals surface area contributed by atoms with E-state index in [4.69, 9.17) is 14.2 Å². The number of methoxy groups -OCH3 is 2. The highest BCUT2D eigenvalue weighted by Crippen LogP contribution is 2.33. The summed E-state index contributed by atoms with van der Waals surface area (Å²) in [5.74, 6) is 0.792. The van der Waals surface area contributed by atoms with Crippen molar-refractivity contribution in [3.8, 4) is 17.2 Å².